The third-order valence-electron chi connectivity index (χ3n) is 3.72. The maximum absolute atomic E-state index is 5.35. The minimum absolute atomic E-state index is 0.535. The molecule has 1 aliphatic carbocycles. The minimum atomic E-state index is 0.535. The van der Waals surface area contributed by atoms with E-state index in [9.17, 15) is 0 Å². The van der Waals surface area contributed by atoms with Crippen molar-refractivity contribution in [1.29, 1.82) is 0 Å². The second kappa shape index (κ2) is 1.20. The summed E-state index contributed by atoms with van der Waals surface area (Å²) in [5.74, 6) is 0.852. The summed E-state index contributed by atoms with van der Waals surface area (Å²) in [4.78, 5) is 0. The molecule has 1 heteroatoms. The Balaban J connectivity index is 2.26. The molecule has 9 heavy (non-hydrogen) atoms. The van der Waals surface area contributed by atoms with Gasteiger partial charge in [0.15, 0.2) is 0 Å². The molecule has 1 aliphatic heterocycles. The van der Waals surface area contributed by atoms with Gasteiger partial charge in [-0.05, 0) is 11.3 Å². The van der Waals surface area contributed by atoms with Crippen LogP contribution in [0.25, 0.3) is 0 Å². The van der Waals surface area contributed by atoms with Crippen LogP contribution in [0.5, 0.6) is 0 Å². The Kier molecular flexibility index (Phi) is 0.760. The molecule has 2 aliphatic rings. The lowest BCUT2D eigenvalue weighted by atomic mass is 10.00. The summed E-state index contributed by atoms with van der Waals surface area (Å²) in [7, 11) is 0. The van der Waals surface area contributed by atoms with Crippen molar-refractivity contribution in [1.82, 2.24) is 0 Å². The van der Waals surface area contributed by atoms with Gasteiger partial charge < -0.3 is 4.74 Å². The van der Waals surface area contributed by atoms with E-state index < -0.39 is 0 Å². The lowest BCUT2D eigenvalue weighted by molar-refractivity contribution is 0.113. The van der Waals surface area contributed by atoms with E-state index in [1.807, 2.05) is 0 Å². The van der Waals surface area contributed by atoms with Gasteiger partial charge in [0.05, 0.1) is 13.2 Å². The second-order valence-corrected chi connectivity index (χ2v) is 4.21. The van der Waals surface area contributed by atoms with Gasteiger partial charge in [-0.2, -0.15) is 0 Å². The zero-order valence-electron chi connectivity index (χ0n) is 6.40. The predicted octanol–water partition coefficient (Wildman–Crippen LogP) is 1.68. The van der Waals surface area contributed by atoms with Crippen molar-refractivity contribution < 1.29 is 4.74 Å². The summed E-state index contributed by atoms with van der Waals surface area (Å²) in [6.45, 7) is 9.03. The van der Waals surface area contributed by atoms with Crippen molar-refractivity contribution in [2.24, 2.45) is 16.7 Å². The number of rotatable bonds is 0. The highest BCUT2D eigenvalue weighted by atomic mass is 16.5. The van der Waals surface area contributed by atoms with Gasteiger partial charge in [0.25, 0.3) is 0 Å². The Hall–Kier alpha value is -0.0400. The van der Waals surface area contributed by atoms with Gasteiger partial charge in [-0.15, -0.1) is 0 Å². The van der Waals surface area contributed by atoms with Crippen LogP contribution < -0.4 is 0 Å². The highest BCUT2D eigenvalue weighted by Crippen LogP contribution is 2.71. The van der Waals surface area contributed by atoms with E-state index in [0.717, 1.165) is 19.1 Å². The summed E-state index contributed by atoms with van der Waals surface area (Å²) < 4.78 is 5.35. The highest BCUT2D eigenvalue weighted by molar-refractivity contribution is 5.17. The molecule has 1 saturated heterocycles. The number of hydrogen-bond donors (Lipinski definition) is 0. The first kappa shape index (κ1) is 5.72. The molecule has 0 N–H and O–H groups in total. The first-order valence-electron chi connectivity index (χ1n) is 3.67. The first-order valence-corrected chi connectivity index (χ1v) is 3.67. The summed E-state index contributed by atoms with van der Waals surface area (Å²) in [6, 6.07) is 0. The SMILES string of the molecule is CC1(C)[C@@H]2COCC21C. The number of hydrogen-bond acceptors (Lipinski definition) is 1. The summed E-state index contributed by atoms with van der Waals surface area (Å²) in [5, 5.41) is 0. The van der Waals surface area contributed by atoms with Crippen molar-refractivity contribution in [2.45, 2.75) is 20.8 Å². The van der Waals surface area contributed by atoms with Gasteiger partial charge in [0.1, 0.15) is 0 Å². The number of fused-ring (bicyclic) bond motifs is 1. The minimum Gasteiger partial charge on any atom is -0.381 e. The fraction of sp³-hybridized carbons (Fsp3) is 1.00. The van der Waals surface area contributed by atoms with E-state index in [2.05, 4.69) is 20.8 Å². The van der Waals surface area contributed by atoms with Gasteiger partial charge in [-0.25, -0.2) is 0 Å². The van der Waals surface area contributed by atoms with Gasteiger partial charge in [0.2, 0.25) is 0 Å². The van der Waals surface area contributed by atoms with Gasteiger partial charge in [-0.1, -0.05) is 20.8 Å². The zero-order valence-corrected chi connectivity index (χ0v) is 6.40. The van der Waals surface area contributed by atoms with Gasteiger partial charge in [0, 0.05) is 5.41 Å². The topological polar surface area (TPSA) is 9.23 Å². The summed E-state index contributed by atoms with van der Waals surface area (Å²) >= 11 is 0. The molecule has 1 unspecified atom stereocenters. The fourth-order valence-electron chi connectivity index (χ4n) is 2.27. The van der Waals surface area contributed by atoms with E-state index in [1.165, 1.54) is 0 Å². The van der Waals surface area contributed by atoms with Crippen LogP contribution in [0.15, 0.2) is 0 Å². The predicted molar refractivity (Wildman–Crippen MR) is 36.2 cm³/mol. The Labute approximate surface area is 56.4 Å². The Bertz CT molecular complexity index is 151. The normalized spacial score (nSPS) is 53.0. The third kappa shape index (κ3) is 0.420. The molecular weight excluding hydrogens is 112 g/mol. The molecule has 2 fully saturated rings. The first-order chi connectivity index (χ1) is 4.09. The van der Waals surface area contributed by atoms with Crippen LogP contribution in [0.3, 0.4) is 0 Å². The average molecular weight is 126 g/mol. The van der Waals surface area contributed by atoms with Crippen molar-refractivity contribution in [2.75, 3.05) is 13.2 Å². The lowest BCUT2D eigenvalue weighted by Crippen LogP contribution is -2.10. The van der Waals surface area contributed by atoms with E-state index in [0.29, 0.717) is 10.8 Å². The van der Waals surface area contributed by atoms with Crippen LogP contribution in [0, 0.1) is 16.7 Å². The van der Waals surface area contributed by atoms with Crippen molar-refractivity contribution in [3.8, 4) is 0 Å². The molecule has 0 radical (unpaired) electrons. The smallest absolute Gasteiger partial charge is 0.0528 e. The fourth-order valence-corrected chi connectivity index (χ4v) is 2.27. The molecule has 0 amide bonds. The van der Waals surface area contributed by atoms with Crippen molar-refractivity contribution >= 4 is 0 Å². The molecule has 1 heterocycles. The molecule has 0 spiro atoms. The molecule has 0 aromatic carbocycles. The Morgan fingerprint density at radius 1 is 1.33 bits per heavy atom. The maximum Gasteiger partial charge on any atom is 0.0528 e. The van der Waals surface area contributed by atoms with Gasteiger partial charge >= 0.3 is 0 Å². The molecule has 1 saturated carbocycles. The van der Waals surface area contributed by atoms with Crippen LogP contribution >= 0.6 is 0 Å². The van der Waals surface area contributed by atoms with Crippen molar-refractivity contribution in [3.63, 3.8) is 0 Å². The van der Waals surface area contributed by atoms with Gasteiger partial charge in [-0.3, -0.25) is 0 Å². The Morgan fingerprint density at radius 3 is 2.22 bits per heavy atom. The van der Waals surface area contributed by atoms with Crippen LogP contribution in [0.4, 0.5) is 0 Å². The van der Waals surface area contributed by atoms with E-state index in [1.54, 1.807) is 0 Å². The standard InChI is InChI=1S/C8H14O/c1-7(2)6-4-9-5-8(6,7)3/h6H,4-5H2,1-3H3/t6-,8?/m0/s1. The molecule has 2 atom stereocenters. The monoisotopic (exact) mass is 126 g/mol. The maximum atomic E-state index is 5.35. The van der Waals surface area contributed by atoms with Crippen LogP contribution in [0.2, 0.25) is 0 Å². The van der Waals surface area contributed by atoms with Crippen molar-refractivity contribution in [3.05, 3.63) is 0 Å². The largest absolute Gasteiger partial charge is 0.381 e. The van der Waals surface area contributed by atoms with E-state index in [4.69, 9.17) is 4.74 Å². The highest BCUT2D eigenvalue weighted by Gasteiger charge is 2.70. The second-order valence-electron chi connectivity index (χ2n) is 4.21. The molecule has 0 bridgehead atoms. The lowest BCUT2D eigenvalue weighted by Gasteiger charge is -2.12. The summed E-state index contributed by atoms with van der Waals surface area (Å²) in [5.41, 5.74) is 1.11. The van der Waals surface area contributed by atoms with Crippen LogP contribution in [0.1, 0.15) is 20.8 Å². The average Bonchev–Trinajstić information content (AvgIpc) is 2.21. The third-order valence-corrected chi connectivity index (χ3v) is 3.72. The number of ether oxygens (including phenoxy) is 1. The Morgan fingerprint density at radius 2 is 2.00 bits per heavy atom. The van der Waals surface area contributed by atoms with Crippen LogP contribution in [-0.2, 0) is 4.74 Å². The van der Waals surface area contributed by atoms with E-state index in [-0.39, 0.29) is 0 Å². The molecule has 52 valence electrons. The molecule has 1 nitrogen and oxygen atoms in total. The van der Waals surface area contributed by atoms with E-state index >= 15 is 0 Å². The summed E-state index contributed by atoms with van der Waals surface area (Å²) in [6.07, 6.45) is 0. The quantitative estimate of drug-likeness (QED) is 0.480. The molecular formula is C8H14O. The zero-order chi connectivity index (χ0) is 6.70. The molecule has 2 rings (SSSR count). The molecule has 0 aromatic heterocycles. The molecule has 0 aromatic rings. The van der Waals surface area contributed by atoms with Crippen LogP contribution in [-0.4, -0.2) is 13.2 Å².